The Balaban J connectivity index is 2.17. The molecule has 1 saturated heterocycles. The van der Waals surface area contributed by atoms with E-state index in [1.165, 1.54) is 12.0 Å². The normalized spacial score (nSPS) is 17.7. The van der Waals surface area contributed by atoms with Gasteiger partial charge in [0.1, 0.15) is 17.3 Å². The molecule has 7 nitrogen and oxygen atoms in total. The monoisotopic (exact) mass is 495 g/mol. The zero-order chi connectivity index (χ0) is 26.6. The fraction of sp³-hybridized carbons (Fsp3) is 0.448. The first-order valence-corrected chi connectivity index (χ1v) is 12.2. The molecule has 0 spiro atoms. The number of ether oxygens (including phenoxy) is 3. The number of amides is 1. The van der Waals surface area contributed by atoms with Gasteiger partial charge in [-0.2, -0.15) is 0 Å². The smallest absolute Gasteiger partial charge is 0.295 e. The van der Waals surface area contributed by atoms with Gasteiger partial charge in [-0.3, -0.25) is 9.59 Å². The number of carbonyl (C=O) groups is 2. The molecule has 1 aliphatic heterocycles. The minimum atomic E-state index is -0.775. The Kier molecular flexibility index (Phi) is 8.46. The van der Waals surface area contributed by atoms with Crippen LogP contribution >= 0.6 is 0 Å². The van der Waals surface area contributed by atoms with Gasteiger partial charge in [-0.05, 0) is 47.2 Å². The third-order valence-electron chi connectivity index (χ3n) is 6.11. The van der Waals surface area contributed by atoms with E-state index in [0.717, 1.165) is 5.56 Å². The number of hydrogen-bond acceptors (Lipinski definition) is 6. The Bertz CT molecular complexity index is 1140. The van der Waals surface area contributed by atoms with Crippen LogP contribution in [0.4, 0.5) is 0 Å². The van der Waals surface area contributed by atoms with Gasteiger partial charge < -0.3 is 24.2 Å². The highest BCUT2D eigenvalue weighted by molar-refractivity contribution is 6.46. The number of rotatable bonds is 9. The lowest BCUT2D eigenvalue weighted by Crippen LogP contribution is -2.32. The van der Waals surface area contributed by atoms with Crippen LogP contribution in [0.25, 0.3) is 5.76 Å². The van der Waals surface area contributed by atoms with Gasteiger partial charge in [0.15, 0.2) is 0 Å². The number of benzene rings is 2. The SMILES string of the molecule is COCCN1C(=O)C(=O)/C(=C(/O)c2ccc(OC)c(C(C)(C)C)c2)C1c1cccc(OCC(C)C)c1. The van der Waals surface area contributed by atoms with Crippen LogP contribution in [0.5, 0.6) is 11.5 Å². The van der Waals surface area contributed by atoms with Crippen molar-refractivity contribution in [2.24, 2.45) is 5.92 Å². The van der Waals surface area contributed by atoms with Crippen LogP contribution in [0.15, 0.2) is 48.0 Å². The molecule has 0 aromatic heterocycles. The number of nitrogens with zero attached hydrogens (tertiary/aromatic N) is 1. The van der Waals surface area contributed by atoms with Gasteiger partial charge in [-0.25, -0.2) is 0 Å². The summed E-state index contributed by atoms with van der Waals surface area (Å²) in [6, 6.07) is 11.8. The van der Waals surface area contributed by atoms with E-state index in [-0.39, 0.29) is 29.9 Å². The molecule has 1 amide bonds. The molecule has 1 fully saturated rings. The second-order valence-electron chi connectivity index (χ2n) is 10.4. The maximum absolute atomic E-state index is 13.3. The quantitative estimate of drug-likeness (QED) is 0.296. The second-order valence-corrected chi connectivity index (χ2v) is 10.4. The molecule has 0 radical (unpaired) electrons. The second kappa shape index (κ2) is 11.2. The predicted molar refractivity (Wildman–Crippen MR) is 139 cm³/mol. The Morgan fingerprint density at radius 2 is 1.81 bits per heavy atom. The lowest BCUT2D eigenvalue weighted by Gasteiger charge is -2.26. The number of ketones is 1. The minimum absolute atomic E-state index is 0.0436. The van der Waals surface area contributed by atoms with E-state index in [9.17, 15) is 14.7 Å². The summed E-state index contributed by atoms with van der Waals surface area (Å²) in [4.78, 5) is 27.8. The molecule has 0 bridgehead atoms. The van der Waals surface area contributed by atoms with Crippen LogP contribution in [-0.4, -0.2) is 55.7 Å². The first kappa shape index (κ1) is 27.3. The van der Waals surface area contributed by atoms with Crippen LogP contribution in [0.3, 0.4) is 0 Å². The first-order valence-electron chi connectivity index (χ1n) is 12.2. The molecule has 2 aromatic rings. The summed E-state index contributed by atoms with van der Waals surface area (Å²) in [5, 5.41) is 11.5. The van der Waals surface area contributed by atoms with Gasteiger partial charge in [0.05, 0.1) is 31.9 Å². The molecule has 0 aliphatic carbocycles. The summed E-state index contributed by atoms with van der Waals surface area (Å²) in [7, 11) is 3.14. The van der Waals surface area contributed by atoms with Crippen molar-refractivity contribution in [3.8, 4) is 11.5 Å². The molecule has 36 heavy (non-hydrogen) atoms. The number of Topliss-reactive ketones (excluding diaryl/α,β-unsaturated/α-hetero) is 1. The van der Waals surface area contributed by atoms with Crippen molar-refractivity contribution in [1.82, 2.24) is 4.90 Å². The van der Waals surface area contributed by atoms with Crippen molar-refractivity contribution >= 4 is 17.4 Å². The van der Waals surface area contributed by atoms with Crippen LogP contribution < -0.4 is 9.47 Å². The number of likely N-dealkylation sites (tertiary alicyclic amines) is 1. The molecule has 7 heteroatoms. The fourth-order valence-corrected chi connectivity index (χ4v) is 4.28. The van der Waals surface area contributed by atoms with Crippen LogP contribution in [-0.2, 0) is 19.7 Å². The molecule has 1 aliphatic rings. The largest absolute Gasteiger partial charge is 0.507 e. The van der Waals surface area contributed by atoms with Crippen LogP contribution in [0.1, 0.15) is 57.4 Å². The predicted octanol–water partition coefficient (Wildman–Crippen LogP) is 5.10. The number of hydrogen-bond donors (Lipinski definition) is 1. The summed E-state index contributed by atoms with van der Waals surface area (Å²) in [5.41, 5.74) is 1.78. The summed E-state index contributed by atoms with van der Waals surface area (Å²) < 4.78 is 16.6. The van der Waals surface area contributed by atoms with Crippen molar-refractivity contribution < 1.29 is 28.9 Å². The summed E-state index contributed by atoms with van der Waals surface area (Å²) in [5.74, 6) is 0.0454. The summed E-state index contributed by atoms with van der Waals surface area (Å²) in [6.07, 6.45) is 0. The highest BCUT2D eigenvalue weighted by Gasteiger charge is 2.46. The van der Waals surface area contributed by atoms with Crippen molar-refractivity contribution in [2.75, 3.05) is 34.0 Å². The topological polar surface area (TPSA) is 85.3 Å². The van der Waals surface area contributed by atoms with E-state index < -0.39 is 17.7 Å². The third kappa shape index (κ3) is 5.73. The van der Waals surface area contributed by atoms with Gasteiger partial charge in [-0.15, -0.1) is 0 Å². The van der Waals surface area contributed by atoms with Crippen molar-refractivity contribution in [3.05, 3.63) is 64.7 Å². The van der Waals surface area contributed by atoms with Gasteiger partial charge in [-0.1, -0.05) is 46.8 Å². The summed E-state index contributed by atoms with van der Waals surface area (Å²) >= 11 is 0. The van der Waals surface area contributed by atoms with Gasteiger partial charge in [0.2, 0.25) is 0 Å². The highest BCUT2D eigenvalue weighted by atomic mass is 16.5. The number of aliphatic hydroxyl groups is 1. The lowest BCUT2D eigenvalue weighted by molar-refractivity contribution is -0.140. The first-order chi connectivity index (χ1) is 17.0. The van der Waals surface area contributed by atoms with E-state index in [2.05, 4.69) is 13.8 Å². The summed E-state index contributed by atoms with van der Waals surface area (Å²) in [6.45, 7) is 11.2. The lowest BCUT2D eigenvalue weighted by atomic mass is 9.84. The van der Waals surface area contributed by atoms with E-state index >= 15 is 0 Å². The molecular formula is C29H37NO6. The van der Waals surface area contributed by atoms with Crippen LogP contribution in [0, 0.1) is 5.92 Å². The standard InChI is InChI=1S/C29H37NO6/c1-18(2)17-36-21-10-8-9-19(15-21)25-24(27(32)28(33)30(25)13-14-34-6)26(31)20-11-12-23(35-7)22(16-20)29(3,4)5/h8-12,15-16,18,25,31H,13-14,17H2,1-7H3/b26-24+. The maximum Gasteiger partial charge on any atom is 0.295 e. The zero-order valence-electron chi connectivity index (χ0n) is 22.3. The molecule has 3 rings (SSSR count). The number of aliphatic hydroxyl groups excluding tert-OH is 1. The van der Waals surface area contributed by atoms with Gasteiger partial charge in [0, 0.05) is 24.8 Å². The number of methoxy groups -OCH3 is 2. The van der Waals surface area contributed by atoms with E-state index in [1.54, 1.807) is 19.2 Å². The Morgan fingerprint density at radius 3 is 2.42 bits per heavy atom. The third-order valence-corrected chi connectivity index (χ3v) is 6.11. The zero-order valence-corrected chi connectivity index (χ0v) is 22.3. The molecule has 1 atom stereocenters. The minimum Gasteiger partial charge on any atom is -0.507 e. The van der Waals surface area contributed by atoms with Crippen molar-refractivity contribution in [3.63, 3.8) is 0 Å². The molecular weight excluding hydrogens is 458 g/mol. The Hall–Kier alpha value is -3.32. The van der Waals surface area contributed by atoms with Gasteiger partial charge in [0.25, 0.3) is 11.7 Å². The fourth-order valence-electron chi connectivity index (χ4n) is 4.28. The highest BCUT2D eigenvalue weighted by Crippen LogP contribution is 2.41. The van der Waals surface area contributed by atoms with Crippen molar-refractivity contribution in [1.29, 1.82) is 0 Å². The molecule has 1 heterocycles. The molecule has 1 N–H and O–H groups in total. The van der Waals surface area contributed by atoms with Crippen molar-refractivity contribution in [2.45, 2.75) is 46.1 Å². The van der Waals surface area contributed by atoms with E-state index in [0.29, 0.717) is 35.2 Å². The maximum atomic E-state index is 13.3. The molecule has 0 saturated carbocycles. The average molecular weight is 496 g/mol. The molecule has 194 valence electrons. The van der Waals surface area contributed by atoms with Gasteiger partial charge >= 0.3 is 0 Å². The Labute approximate surface area is 213 Å². The van der Waals surface area contributed by atoms with Crippen LogP contribution in [0.2, 0.25) is 0 Å². The molecule has 2 aromatic carbocycles. The van der Waals surface area contributed by atoms with E-state index in [4.69, 9.17) is 14.2 Å². The number of carbonyl (C=O) groups excluding carboxylic acids is 2. The molecule has 1 unspecified atom stereocenters. The van der Waals surface area contributed by atoms with E-state index in [1.807, 2.05) is 51.1 Å². The average Bonchev–Trinajstić information content (AvgIpc) is 3.09. The Morgan fingerprint density at radius 1 is 1.08 bits per heavy atom.